The van der Waals surface area contributed by atoms with Crippen molar-refractivity contribution in [1.29, 1.82) is 0 Å². The van der Waals surface area contributed by atoms with Gasteiger partial charge in [-0.25, -0.2) is 0 Å². The molecule has 13 heavy (non-hydrogen) atoms. The van der Waals surface area contributed by atoms with E-state index in [2.05, 4.69) is 6.58 Å². The first-order valence-electron chi connectivity index (χ1n) is 3.82. The summed E-state index contributed by atoms with van der Waals surface area (Å²) in [4.78, 5) is 0. The fourth-order valence-electron chi connectivity index (χ4n) is 0.796. The van der Waals surface area contributed by atoms with Crippen LogP contribution in [0.15, 0.2) is 30.4 Å². The average molecular weight is 217 g/mol. The smallest absolute Gasteiger partial charge is 0.139 e. The zero-order valence-electron chi connectivity index (χ0n) is 7.31. The first-order chi connectivity index (χ1) is 6.11. The van der Waals surface area contributed by atoms with Gasteiger partial charge in [0, 0.05) is 0 Å². The first-order valence-corrected chi connectivity index (χ1v) is 4.58. The van der Waals surface area contributed by atoms with E-state index in [9.17, 15) is 0 Å². The molecule has 0 aliphatic rings. The van der Waals surface area contributed by atoms with Crippen molar-refractivity contribution in [2.45, 2.75) is 6.92 Å². The largest absolute Gasteiger partial charge is 0.488 e. The number of halogens is 2. The predicted octanol–water partition coefficient (Wildman–Crippen LogP) is 3.95. The van der Waals surface area contributed by atoms with Crippen LogP contribution in [0.25, 0.3) is 0 Å². The Labute approximate surface area is 87.9 Å². The van der Waals surface area contributed by atoms with Gasteiger partial charge in [-0.15, -0.1) is 0 Å². The fourth-order valence-corrected chi connectivity index (χ4v) is 1.14. The summed E-state index contributed by atoms with van der Waals surface area (Å²) < 4.78 is 5.36. The SMILES string of the molecule is C=C(C)COc1cccc(Cl)c1Cl. The Hall–Kier alpha value is -0.660. The Bertz CT molecular complexity index is 321. The van der Waals surface area contributed by atoms with Gasteiger partial charge in [-0.05, 0) is 24.6 Å². The molecule has 0 aliphatic heterocycles. The molecule has 0 amide bonds. The third kappa shape index (κ3) is 2.94. The van der Waals surface area contributed by atoms with Crippen molar-refractivity contribution in [2.24, 2.45) is 0 Å². The van der Waals surface area contributed by atoms with Gasteiger partial charge in [0.15, 0.2) is 0 Å². The lowest BCUT2D eigenvalue weighted by atomic mass is 10.3. The maximum absolute atomic E-state index is 5.89. The fraction of sp³-hybridized carbons (Fsp3) is 0.200. The standard InChI is InChI=1S/C10H10Cl2O/c1-7(2)6-13-9-5-3-4-8(11)10(9)12/h3-5H,1,6H2,2H3. The molecule has 3 heteroatoms. The van der Waals surface area contributed by atoms with E-state index in [0.29, 0.717) is 22.4 Å². The van der Waals surface area contributed by atoms with Gasteiger partial charge in [-0.3, -0.25) is 0 Å². The van der Waals surface area contributed by atoms with Gasteiger partial charge in [-0.1, -0.05) is 35.8 Å². The first kappa shape index (κ1) is 10.4. The van der Waals surface area contributed by atoms with Crippen LogP contribution in [0.3, 0.4) is 0 Å². The van der Waals surface area contributed by atoms with Crippen LogP contribution < -0.4 is 4.74 Å². The van der Waals surface area contributed by atoms with Gasteiger partial charge in [0.2, 0.25) is 0 Å². The van der Waals surface area contributed by atoms with Gasteiger partial charge >= 0.3 is 0 Å². The molecule has 0 aliphatic carbocycles. The van der Waals surface area contributed by atoms with E-state index < -0.39 is 0 Å². The highest BCUT2D eigenvalue weighted by Crippen LogP contribution is 2.31. The van der Waals surface area contributed by atoms with E-state index >= 15 is 0 Å². The van der Waals surface area contributed by atoms with E-state index in [4.69, 9.17) is 27.9 Å². The van der Waals surface area contributed by atoms with Crippen molar-refractivity contribution in [2.75, 3.05) is 6.61 Å². The normalized spacial score (nSPS) is 9.77. The minimum Gasteiger partial charge on any atom is -0.488 e. The van der Waals surface area contributed by atoms with E-state index in [-0.39, 0.29) is 0 Å². The van der Waals surface area contributed by atoms with Gasteiger partial charge in [0.05, 0.1) is 5.02 Å². The van der Waals surface area contributed by atoms with Crippen molar-refractivity contribution in [3.05, 3.63) is 40.4 Å². The summed E-state index contributed by atoms with van der Waals surface area (Å²) in [6.45, 7) is 6.07. The lowest BCUT2D eigenvalue weighted by Gasteiger charge is -2.07. The minimum atomic E-state index is 0.449. The molecule has 1 aromatic rings. The van der Waals surface area contributed by atoms with Gasteiger partial charge < -0.3 is 4.74 Å². The summed E-state index contributed by atoms with van der Waals surface area (Å²) in [7, 11) is 0. The molecule has 1 nitrogen and oxygen atoms in total. The second kappa shape index (κ2) is 4.54. The Morgan fingerprint density at radius 2 is 2.15 bits per heavy atom. The zero-order valence-corrected chi connectivity index (χ0v) is 8.82. The maximum Gasteiger partial charge on any atom is 0.139 e. The monoisotopic (exact) mass is 216 g/mol. The second-order valence-corrected chi connectivity index (χ2v) is 3.58. The predicted molar refractivity (Wildman–Crippen MR) is 56.8 cm³/mol. The van der Waals surface area contributed by atoms with E-state index in [1.165, 1.54) is 0 Å². The Morgan fingerprint density at radius 3 is 2.77 bits per heavy atom. The molecule has 0 heterocycles. The molecule has 0 N–H and O–H groups in total. The van der Waals surface area contributed by atoms with Gasteiger partial charge in [-0.2, -0.15) is 0 Å². The van der Waals surface area contributed by atoms with Crippen LogP contribution in [0.2, 0.25) is 10.0 Å². The van der Waals surface area contributed by atoms with E-state index in [1.807, 2.05) is 6.92 Å². The number of ether oxygens (including phenoxy) is 1. The minimum absolute atomic E-state index is 0.449. The van der Waals surface area contributed by atoms with E-state index in [0.717, 1.165) is 5.57 Å². The van der Waals surface area contributed by atoms with Crippen LogP contribution in [-0.2, 0) is 0 Å². The van der Waals surface area contributed by atoms with Crippen LogP contribution in [0.5, 0.6) is 5.75 Å². The van der Waals surface area contributed by atoms with Crippen LogP contribution in [0.4, 0.5) is 0 Å². The molecule has 0 atom stereocenters. The summed E-state index contributed by atoms with van der Waals surface area (Å²) in [6, 6.07) is 5.29. The highest BCUT2D eigenvalue weighted by Gasteiger charge is 2.04. The molecule has 0 spiro atoms. The highest BCUT2D eigenvalue weighted by atomic mass is 35.5. The van der Waals surface area contributed by atoms with Crippen molar-refractivity contribution in [1.82, 2.24) is 0 Å². The molecule has 0 fully saturated rings. The number of rotatable bonds is 3. The van der Waals surface area contributed by atoms with Crippen LogP contribution >= 0.6 is 23.2 Å². The molecular formula is C10H10Cl2O. The summed E-state index contributed by atoms with van der Waals surface area (Å²) in [6.07, 6.45) is 0. The molecular weight excluding hydrogens is 207 g/mol. The maximum atomic E-state index is 5.89. The highest BCUT2D eigenvalue weighted by molar-refractivity contribution is 6.42. The lowest BCUT2D eigenvalue weighted by molar-refractivity contribution is 0.353. The Kier molecular flexibility index (Phi) is 3.64. The number of hydrogen-bond donors (Lipinski definition) is 0. The molecule has 0 bridgehead atoms. The third-order valence-electron chi connectivity index (χ3n) is 1.39. The molecule has 70 valence electrons. The molecule has 0 saturated carbocycles. The molecule has 0 unspecified atom stereocenters. The number of hydrogen-bond acceptors (Lipinski definition) is 1. The topological polar surface area (TPSA) is 9.23 Å². The van der Waals surface area contributed by atoms with E-state index in [1.54, 1.807) is 18.2 Å². The summed E-state index contributed by atoms with van der Waals surface area (Å²) >= 11 is 11.7. The summed E-state index contributed by atoms with van der Waals surface area (Å²) in [5, 5.41) is 0.950. The molecule has 0 aromatic heterocycles. The summed E-state index contributed by atoms with van der Waals surface area (Å²) in [5.41, 5.74) is 0.941. The molecule has 1 rings (SSSR count). The molecule has 0 saturated heterocycles. The van der Waals surface area contributed by atoms with Gasteiger partial charge in [0.1, 0.15) is 17.4 Å². The zero-order chi connectivity index (χ0) is 9.84. The van der Waals surface area contributed by atoms with Crippen LogP contribution in [0.1, 0.15) is 6.92 Å². The van der Waals surface area contributed by atoms with Crippen LogP contribution in [-0.4, -0.2) is 6.61 Å². The average Bonchev–Trinajstić information content (AvgIpc) is 2.07. The number of benzene rings is 1. The third-order valence-corrected chi connectivity index (χ3v) is 2.19. The lowest BCUT2D eigenvalue weighted by Crippen LogP contribution is -1.97. The molecule has 1 aromatic carbocycles. The van der Waals surface area contributed by atoms with Crippen molar-refractivity contribution in [3.8, 4) is 5.75 Å². The Morgan fingerprint density at radius 1 is 1.46 bits per heavy atom. The van der Waals surface area contributed by atoms with Crippen molar-refractivity contribution >= 4 is 23.2 Å². The Balaban J connectivity index is 2.77. The summed E-state index contributed by atoms with van der Waals surface area (Å²) in [5.74, 6) is 0.595. The quantitative estimate of drug-likeness (QED) is 0.696. The molecule has 0 radical (unpaired) electrons. The van der Waals surface area contributed by atoms with Gasteiger partial charge in [0.25, 0.3) is 0 Å². The van der Waals surface area contributed by atoms with Crippen LogP contribution in [0, 0.1) is 0 Å². The second-order valence-electron chi connectivity index (χ2n) is 2.80. The van der Waals surface area contributed by atoms with Crippen molar-refractivity contribution < 1.29 is 4.74 Å². The van der Waals surface area contributed by atoms with Crippen molar-refractivity contribution in [3.63, 3.8) is 0 Å².